The molecule has 0 aromatic heterocycles. The van der Waals surface area contributed by atoms with E-state index in [-0.39, 0.29) is 11.5 Å². The van der Waals surface area contributed by atoms with Gasteiger partial charge in [-0.25, -0.2) is 0 Å². The van der Waals surface area contributed by atoms with Crippen molar-refractivity contribution >= 4 is 11.6 Å². The van der Waals surface area contributed by atoms with Crippen LogP contribution in [0.25, 0.3) is 0 Å². The zero-order valence-electron chi connectivity index (χ0n) is 14.2. The van der Waals surface area contributed by atoms with Gasteiger partial charge >= 0.3 is 0 Å². The Morgan fingerprint density at radius 3 is 2.71 bits per heavy atom. The highest BCUT2D eigenvalue weighted by molar-refractivity contribution is 5.97. The topological polar surface area (TPSA) is 71.4 Å². The Kier molecular flexibility index (Phi) is 7.27. The standard InChI is InChI=1S/C18H25N5O/c1-2-23(17-6-4-3-5-7-17)15-16(14-19)18(24)21-10-13-22-11-8-20-9-12-22/h3-7,15,20H,2,8-13H2,1H3,(H,21,24)/b16-15-. The van der Waals surface area contributed by atoms with E-state index >= 15 is 0 Å². The van der Waals surface area contributed by atoms with Crippen LogP contribution in [0.3, 0.4) is 0 Å². The molecular formula is C18H25N5O. The maximum atomic E-state index is 12.2. The molecule has 1 aliphatic rings. The number of carbonyl (C=O) groups is 1. The van der Waals surface area contributed by atoms with Gasteiger partial charge in [0.1, 0.15) is 11.6 Å². The molecule has 1 aliphatic heterocycles. The molecule has 0 aliphatic carbocycles. The Morgan fingerprint density at radius 1 is 1.38 bits per heavy atom. The van der Waals surface area contributed by atoms with Crippen LogP contribution in [-0.2, 0) is 4.79 Å². The van der Waals surface area contributed by atoms with E-state index in [1.807, 2.05) is 48.2 Å². The van der Waals surface area contributed by atoms with E-state index < -0.39 is 0 Å². The monoisotopic (exact) mass is 327 g/mol. The van der Waals surface area contributed by atoms with Gasteiger partial charge in [0.15, 0.2) is 0 Å². The lowest BCUT2D eigenvalue weighted by Crippen LogP contribution is -2.46. The molecule has 1 saturated heterocycles. The van der Waals surface area contributed by atoms with Crippen LogP contribution < -0.4 is 15.5 Å². The van der Waals surface area contributed by atoms with Gasteiger partial charge in [0.25, 0.3) is 5.91 Å². The minimum absolute atomic E-state index is 0.126. The first-order valence-corrected chi connectivity index (χ1v) is 8.39. The van der Waals surface area contributed by atoms with Gasteiger partial charge in [-0.15, -0.1) is 0 Å². The van der Waals surface area contributed by atoms with Crippen LogP contribution in [0.5, 0.6) is 0 Å². The fourth-order valence-electron chi connectivity index (χ4n) is 2.62. The van der Waals surface area contributed by atoms with Gasteiger partial charge in [-0.05, 0) is 19.1 Å². The summed E-state index contributed by atoms with van der Waals surface area (Å²) in [6, 6.07) is 11.7. The van der Waals surface area contributed by atoms with E-state index in [9.17, 15) is 10.1 Å². The summed E-state index contributed by atoms with van der Waals surface area (Å²) in [5, 5.41) is 15.5. The first-order chi connectivity index (χ1) is 11.7. The third kappa shape index (κ3) is 5.37. The Hall–Kier alpha value is -2.36. The SMILES string of the molecule is CCN(/C=C(/C#N)C(=O)NCCN1CCNCC1)c1ccccc1. The van der Waals surface area contributed by atoms with Crippen molar-refractivity contribution in [2.45, 2.75) is 6.92 Å². The summed E-state index contributed by atoms with van der Waals surface area (Å²) in [6.07, 6.45) is 1.62. The van der Waals surface area contributed by atoms with E-state index in [1.54, 1.807) is 6.20 Å². The number of nitrogens with one attached hydrogen (secondary N) is 2. The van der Waals surface area contributed by atoms with Crippen molar-refractivity contribution < 1.29 is 4.79 Å². The molecule has 0 spiro atoms. The van der Waals surface area contributed by atoms with Crippen LogP contribution in [0.15, 0.2) is 42.1 Å². The van der Waals surface area contributed by atoms with Crippen LogP contribution in [0.4, 0.5) is 5.69 Å². The number of para-hydroxylation sites is 1. The maximum Gasteiger partial charge on any atom is 0.263 e. The van der Waals surface area contributed by atoms with Crippen molar-refractivity contribution in [3.63, 3.8) is 0 Å². The number of rotatable bonds is 7. The quantitative estimate of drug-likeness (QED) is 0.576. The summed E-state index contributed by atoms with van der Waals surface area (Å²) in [4.78, 5) is 16.4. The zero-order chi connectivity index (χ0) is 17.2. The molecule has 0 radical (unpaired) electrons. The lowest BCUT2D eigenvalue weighted by Gasteiger charge is -2.27. The maximum absolute atomic E-state index is 12.2. The third-order valence-corrected chi connectivity index (χ3v) is 4.00. The number of amides is 1. The number of hydrogen-bond donors (Lipinski definition) is 2. The molecule has 0 atom stereocenters. The molecule has 2 rings (SSSR count). The lowest BCUT2D eigenvalue weighted by atomic mass is 10.2. The molecule has 0 bridgehead atoms. The Labute approximate surface area is 143 Å². The van der Waals surface area contributed by atoms with Crippen molar-refractivity contribution in [3.05, 3.63) is 42.1 Å². The Balaban J connectivity index is 1.91. The minimum atomic E-state index is -0.318. The van der Waals surface area contributed by atoms with E-state index in [2.05, 4.69) is 15.5 Å². The van der Waals surface area contributed by atoms with Gasteiger partial charge in [-0.3, -0.25) is 9.69 Å². The average Bonchev–Trinajstić information content (AvgIpc) is 2.64. The first-order valence-electron chi connectivity index (χ1n) is 8.39. The van der Waals surface area contributed by atoms with Gasteiger partial charge < -0.3 is 15.5 Å². The number of benzene rings is 1. The summed E-state index contributed by atoms with van der Waals surface area (Å²) in [5.74, 6) is -0.318. The van der Waals surface area contributed by atoms with Gasteiger partial charge in [-0.1, -0.05) is 18.2 Å². The van der Waals surface area contributed by atoms with Crippen LogP contribution >= 0.6 is 0 Å². The number of piperazine rings is 1. The van der Waals surface area contributed by atoms with Gasteiger partial charge in [0.2, 0.25) is 0 Å². The second-order valence-corrected chi connectivity index (χ2v) is 5.62. The zero-order valence-corrected chi connectivity index (χ0v) is 14.2. The van der Waals surface area contributed by atoms with Crippen molar-refractivity contribution in [3.8, 4) is 6.07 Å². The van der Waals surface area contributed by atoms with Crippen molar-refractivity contribution in [1.82, 2.24) is 15.5 Å². The van der Waals surface area contributed by atoms with Crippen LogP contribution in [0, 0.1) is 11.3 Å². The number of anilines is 1. The summed E-state index contributed by atoms with van der Waals surface area (Å²) in [5.41, 5.74) is 1.09. The summed E-state index contributed by atoms with van der Waals surface area (Å²) in [7, 11) is 0. The molecule has 1 fully saturated rings. The van der Waals surface area contributed by atoms with Crippen LogP contribution in [-0.4, -0.2) is 56.6 Å². The number of nitriles is 1. The fourth-order valence-corrected chi connectivity index (χ4v) is 2.62. The molecule has 1 amide bonds. The van der Waals surface area contributed by atoms with Crippen molar-refractivity contribution in [2.24, 2.45) is 0 Å². The van der Waals surface area contributed by atoms with Crippen molar-refractivity contribution in [1.29, 1.82) is 5.26 Å². The first kappa shape index (κ1) is 18.0. The Bertz CT molecular complexity index is 587. The van der Waals surface area contributed by atoms with Gasteiger partial charge in [0.05, 0.1) is 0 Å². The van der Waals surface area contributed by atoms with Gasteiger partial charge in [-0.2, -0.15) is 5.26 Å². The smallest absolute Gasteiger partial charge is 0.263 e. The van der Waals surface area contributed by atoms with Crippen molar-refractivity contribution in [2.75, 3.05) is 50.7 Å². The lowest BCUT2D eigenvalue weighted by molar-refractivity contribution is -0.117. The van der Waals surface area contributed by atoms with E-state index in [4.69, 9.17) is 0 Å². The Morgan fingerprint density at radius 2 is 2.08 bits per heavy atom. The molecule has 128 valence electrons. The fraction of sp³-hybridized carbons (Fsp3) is 0.444. The summed E-state index contributed by atoms with van der Waals surface area (Å²) in [6.45, 7) is 7.99. The molecule has 1 heterocycles. The number of nitrogens with zero attached hydrogens (tertiary/aromatic N) is 3. The molecule has 6 nitrogen and oxygen atoms in total. The molecule has 0 saturated carbocycles. The van der Waals surface area contributed by atoms with E-state index in [0.717, 1.165) is 38.4 Å². The molecular weight excluding hydrogens is 302 g/mol. The molecule has 24 heavy (non-hydrogen) atoms. The predicted molar refractivity (Wildman–Crippen MR) is 95.5 cm³/mol. The third-order valence-electron chi connectivity index (χ3n) is 4.00. The molecule has 1 aromatic carbocycles. The van der Waals surface area contributed by atoms with E-state index in [0.29, 0.717) is 13.1 Å². The molecule has 6 heteroatoms. The highest BCUT2D eigenvalue weighted by atomic mass is 16.1. The predicted octanol–water partition coefficient (Wildman–Crippen LogP) is 0.942. The number of hydrogen-bond acceptors (Lipinski definition) is 5. The highest BCUT2D eigenvalue weighted by Gasteiger charge is 2.13. The summed E-state index contributed by atoms with van der Waals surface area (Å²) >= 11 is 0. The van der Waals surface area contributed by atoms with Crippen LogP contribution in [0.2, 0.25) is 0 Å². The number of carbonyl (C=O) groups excluding carboxylic acids is 1. The average molecular weight is 327 g/mol. The highest BCUT2D eigenvalue weighted by Crippen LogP contribution is 2.14. The second kappa shape index (κ2) is 9.71. The van der Waals surface area contributed by atoms with E-state index in [1.165, 1.54) is 0 Å². The second-order valence-electron chi connectivity index (χ2n) is 5.62. The summed E-state index contributed by atoms with van der Waals surface area (Å²) < 4.78 is 0. The normalized spacial score (nSPS) is 15.6. The van der Waals surface area contributed by atoms with Gasteiger partial charge in [0, 0.05) is 57.7 Å². The molecule has 1 aromatic rings. The molecule has 2 N–H and O–H groups in total. The van der Waals surface area contributed by atoms with Crippen LogP contribution in [0.1, 0.15) is 6.92 Å². The largest absolute Gasteiger partial charge is 0.350 e. The molecule has 0 unspecified atom stereocenters. The minimum Gasteiger partial charge on any atom is -0.350 e.